The number of rotatable bonds is 4. The predicted molar refractivity (Wildman–Crippen MR) is 50.0 cm³/mol. The molecule has 1 rings (SSSR count). The van der Waals surface area contributed by atoms with Gasteiger partial charge in [-0.25, -0.2) is 4.79 Å². The van der Waals surface area contributed by atoms with Gasteiger partial charge in [-0.2, -0.15) is 5.90 Å². The molecule has 0 atom stereocenters. The Morgan fingerprint density at radius 2 is 1.86 bits per heavy atom. The van der Waals surface area contributed by atoms with Crippen molar-refractivity contribution in [3.05, 3.63) is 35.9 Å². The first-order chi connectivity index (χ1) is 6.74. The Morgan fingerprint density at radius 3 is 2.43 bits per heavy atom. The van der Waals surface area contributed by atoms with E-state index in [2.05, 4.69) is 10.7 Å². The van der Waals surface area contributed by atoms with E-state index in [0.717, 1.165) is 5.56 Å². The fourth-order valence-corrected chi connectivity index (χ4v) is 1.07. The molecule has 4 heteroatoms. The highest BCUT2D eigenvalue weighted by Crippen LogP contribution is 2.02. The molecule has 0 fully saturated rings. The van der Waals surface area contributed by atoms with E-state index in [9.17, 15) is 9.59 Å². The van der Waals surface area contributed by atoms with Crippen molar-refractivity contribution in [2.24, 2.45) is 5.90 Å². The fraction of sp³-hybridized carbons (Fsp3) is 0.200. The second-order valence-corrected chi connectivity index (χ2v) is 2.81. The second-order valence-electron chi connectivity index (χ2n) is 2.81. The number of hydrogen-bond donors (Lipinski definition) is 1. The molecule has 0 bridgehead atoms. The van der Waals surface area contributed by atoms with Gasteiger partial charge in [0.1, 0.15) is 0 Å². The summed E-state index contributed by atoms with van der Waals surface area (Å²) in [6.45, 7) is 0. The van der Waals surface area contributed by atoms with Crippen molar-refractivity contribution in [3.8, 4) is 0 Å². The van der Waals surface area contributed by atoms with Crippen LogP contribution in [0.5, 0.6) is 0 Å². The lowest BCUT2D eigenvalue weighted by Gasteiger charge is -1.98. The Kier molecular flexibility index (Phi) is 3.82. The maximum atomic E-state index is 11.0. The van der Waals surface area contributed by atoms with Crippen LogP contribution in [0.1, 0.15) is 12.0 Å². The van der Waals surface area contributed by atoms with Gasteiger partial charge in [0.05, 0.1) is 0 Å². The fourth-order valence-electron chi connectivity index (χ4n) is 1.07. The molecule has 1 aromatic carbocycles. The van der Waals surface area contributed by atoms with Crippen molar-refractivity contribution in [3.63, 3.8) is 0 Å². The Balaban J connectivity index is 2.42. The standard InChI is InChI=1S/C10H11NO3/c11-14-10(13)9(12)7-6-8-4-2-1-3-5-8/h1-5H,6-7,11H2. The molecule has 0 saturated carbocycles. The highest BCUT2D eigenvalue weighted by atomic mass is 16.7. The molecular formula is C10H11NO3. The van der Waals surface area contributed by atoms with Gasteiger partial charge in [-0.1, -0.05) is 30.3 Å². The summed E-state index contributed by atoms with van der Waals surface area (Å²) in [5.74, 6) is 2.99. The Bertz CT molecular complexity index is 321. The van der Waals surface area contributed by atoms with Gasteiger partial charge in [-0.3, -0.25) is 4.79 Å². The van der Waals surface area contributed by atoms with Gasteiger partial charge < -0.3 is 4.84 Å². The number of nitrogens with two attached hydrogens (primary N) is 1. The van der Waals surface area contributed by atoms with Crippen LogP contribution in [-0.2, 0) is 20.8 Å². The van der Waals surface area contributed by atoms with Crippen molar-refractivity contribution in [1.82, 2.24) is 0 Å². The minimum Gasteiger partial charge on any atom is -0.367 e. The quantitative estimate of drug-likeness (QED) is 0.561. The number of Topliss-reactive ketones (excluding diaryl/α,β-unsaturated/α-hetero) is 1. The molecule has 0 aliphatic heterocycles. The summed E-state index contributed by atoms with van der Waals surface area (Å²) in [7, 11) is 0. The minimum absolute atomic E-state index is 0.125. The Hall–Kier alpha value is -1.68. The molecule has 0 aliphatic rings. The van der Waals surface area contributed by atoms with Gasteiger partial charge in [-0.05, 0) is 12.0 Å². The first kappa shape index (κ1) is 10.4. The zero-order chi connectivity index (χ0) is 10.4. The van der Waals surface area contributed by atoms with Crippen molar-refractivity contribution in [2.45, 2.75) is 12.8 Å². The molecule has 0 spiro atoms. The summed E-state index contributed by atoms with van der Waals surface area (Å²) in [5, 5.41) is 0. The van der Waals surface area contributed by atoms with E-state index in [0.29, 0.717) is 6.42 Å². The largest absolute Gasteiger partial charge is 0.393 e. The zero-order valence-corrected chi connectivity index (χ0v) is 7.60. The number of carbonyl (C=O) groups excluding carboxylic acids is 2. The highest BCUT2D eigenvalue weighted by Gasteiger charge is 2.13. The summed E-state index contributed by atoms with van der Waals surface area (Å²) in [6, 6.07) is 9.42. The molecule has 0 radical (unpaired) electrons. The van der Waals surface area contributed by atoms with Gasteiger partial charge in [-0.15, -0.1) is 0 Å². The average Bonchev–Trinajstić information content (AvgIpc) is 2.26. The maximum Gasteiger partial charge on any atom is 0.393 e. The van der Waals surface area contributed by atoms with Crippen molar-refractivity contribution < 1.29 is 14.4 Å². The molecule has 0 unspecified atom stereocenters. The second kappa shape index (κ2) is 5.14. The van der Waals surface area contributed by atoms with Crippen molar-refractivity contribution in [1.29, 1.82) is 0 Å². The SMILES string of the molecule is NOC(=O)C(=O)CCc1ccccc1. The number of ketones is 1. The van der Waals surface area contributed by atoms with E-state index < -0.39 is 11.8 Å². The van der Waals surface area contributed by atoms with Crippen LogP contribution < -0.4 is 5.90 Å². The number of aryl methyl sites for hydroxylation is 1. The van der Waals surface area contributed by atoms with Crippen LogP contribution in [0.3, 0.4) is 0 Å². The van der Waals surface area contributed by atoms with E-state index >= 15 is 0 Å². The zero-order valence-electron chi connectivity index (χ0n) is 7.60. The number of carbonyl (C=O) groups is 2. The molecule has 4 nitrogen and oxygen atoms in total. The number of benzene rings is 1. The van der Waals surface area contributed by atoms with Gasteiger partial charge >= 0.3 is 5.97 Å². The number of hydrogen-bond acceptors (Lipinski definition) is 4. The summed E-state index contributed by atoms with van der Waals surface area (Å²) < 4.78 is 0. The van der Waals surface area contributed by atoms with Gasteiger partial charge in [0.15, 0.2) is 0 Å². The van der Waals surface area contributed by atoms with Gasteiger partial charge in [0.25, 0.3) is 0 Å². The molecule has 0 amide bonds. The molecule has 0 heterocycles. The minimum atomic E-state index is -0.985. The summed E-state index contributed by atoms with van der Waals surface area (Å²) in [5.41, 5.74) is 1.01. The monoisotopic (exact) mass is 193 g/mol. The topological polar surface area (TPSA) is 69.4 Å². The molecule has 2 N–H and O–H groups in total. The lowest BCUT2D eigenvalue weighted by Crippen LogP contribution is -2.20. The van der Waals surface area contributed by atoms with E-state index in [1.807, 2.05) is 30.3 Å². The molecule has 1 aromatic rings. The van der Waals surface area contributed by atoms with Crippen LogP contribution in [-0.4, -0.2) is 11.8 Å². The molecule has 0 saturated heterocycles. The van der Waals surface area contributed by atoms with Crippen LogP contribution in [0.15, 0.2) is 30.3 Å². The van der Waals surface area contributed by atoms with Crippen molar-refractivity contribution >= 4 is 11.8 Å². The van der Waals surface area contributed by atoms with Crippen LogP contribution >= 0.6 is 0 Å². The normalized spacial score (nSPS) is 9.50. The van der Waals surface area contributed by atoms with Crippen LogP contribution in [0.25, 0.3) is 0 Å². The average molecular weight is 193 g/mol. The highest BCUT2D eigenvalue weighted by molar-refractivity contribution is 6.33. The maximum absolute atomic E-state index is 11.0. The van der Waals surface area contributed by atoms with Crippen molar-refractivity contribution in [2.75, 3.05) is 0 Å². The molecule has 14 heavy (non-hydrogen) atoms. The molecule has 74 valence electrons. The lowest BCUT2D eigenvalue weighted by atomic mass is 10.1. The van der Waals surface area contributed by atoms with Gasteiger partial charge in [0.2, 0.25) is 5.78 Å². The van der Waals surface area contributed by atoms with Crippen LogP contribution in [0.4, 0.5) is 0 Å². The third kappa shape index (κ3) is 2.99. The third-order valence-electron chi connectivity index (χ3n) is 1.82. The Morgan fingerprint density at radius 1 is 1.21 bits per heavy atom. The first-order valence-electron chi connectivity index (χ1n) is 4.22. The third-order valence-corrected chi connectivity index (χ3v) is 1.82. The van der Waals surface area contributed by atoms with Crippen LogP contribution in [0, 0.1) is 0 Å². The summed E-state index contributed by atoms with van der Waals surface area (Å²) >= 11 is 0. The van der Waals surface area contributed by atoms with E-state index in [1.54, 1.807) is 0 Å². The molecule has 0 aromatic heterocycles. The summed E-state index contributed by atoms with van der Waals surface area (Å²) in [4.78, 5) is 25.4. The van der Waals surface area contributed by atoms with E-state index in [4.69, 9.17) is 0 Å². The smallest absolute Gasteiger partial charge is 0.367 e. The van der Waals surface area contributed by atoms with E-state index in [1.165, 1.54) is 0 Å². The summed E-state index contributed by atoms with van der Waals surface area (Å²) in [6.07, 6.45) is 0.648. The first-order valence-corrected chi connectivity index (χ1v) is 4.22. The molecule has 0 aliphatic carbocycles. The lowest BCUT2D eigenvalue weighted by molar-refractivity contribution is -0.154. The predicted octanol–water partition coefficient (Wildman–Crippen LogP) is 0.605. The molecular weight excluding hydrogens is 182 g/mol. The van der Waals surface area contributed by atoms with Gasteiger partial charge in [0, 0.05) is 6.42 Å². The van der Waals surface area contributed by atoms with Crippen LogP contribution in [0.2, 0.25) is 0 Å². The Labute approximate surface area is 81.6 Å². The van der Waals surface area contributed by atoms with E-state index in [-0.39, 0.29) is 6.42 Å².